The molecule has 0 aromatic heterocycles. The molecular formula is C33H60ClN3O3. The highest BCUT2D eigenvalue weighted by Crippen LogP contribution is 2.17. The van der Waals surface area contributed by atoms with Gasteiger partial charge in [0.2, 0.25) is 6.41 Å². The Labute approximate surface area is 252 Å². The van der Waals surface area contributed by atoms with Crippen molar-refractivity contribution in [3.63, 3.8) is 0 Å². The third-order valence-corrected chi connectivity index (χ3v) is 7.67. The molecule has 6 nitrogen and oxygen atoms in total. The van der Waals surface area contributed by atoms with E-state index in [2.05, 4.69) is 47.6 Å². The van der Waals surface area contributed by atoms with Crippen molar-refractivity contribution in [3.05, 3.63) is 35.4 Å². The molecule has 0 saturated carbocycles. The first-order valence-corrected chi connectivity index (χ1v) is 16.1. The number of alkyl carbamates (subject to hydrolysis) is 1. The van der Waals surface area contributed by atoms with E-state index in [-0.39, 0.29) is 18.5 Å². The van der Waals surface area contributed by atoms with Crippen molar-refractivity contribution < 1.29 is 14.3 Å². The molecule has 40 heavy (non-hydrogen) atoms. The molecule has 232 valence electrons. The second kappa shape index (κ2) is 28.7. The molecule has 1 aromatic carbocycles. The van der Waals surface area contributed by atoms with Crippen LogP contribution in [0.5, 0.6) is 0 Å². The van der Waals surface area contributed by atoms with Crippen LogP contribution in [-0.4, -0.2) is 50.1 Å². The Morgan fingerprint density at radius 1 is 0.725 bits per heavy atom. The van der Waals surface area contributed by atoms with Gasteiger partial charge in [-0.1, -0.05) is 128 Å². The number of unbranched alkanes of at least 4 members (excludes halogenated alkanes) is 15. The average Bonchev–Trinajstić information content (AvgIpc) is 2.96. The van der Waals surface area contributed by atoms with E-state index < -0.39 is 0 Å². The standard InChI is InChI=1S/C33H59N3O3.ClH/c1-3-36(4-2)28-27-35-33(38)39-29-32-25-21-20-24-31(32)23-19-17-15-13-11-9-7-5-6-8-10-12-14-16-18-22-26-34-30-37;/h20-21,24-25,30H,3-19,22-23,26-29H2,1-2H3,(H,34,37)(H,35,38);1H. The Morgan fingerprint density at radius 3 is 1.70 bits per heavy atom. The highest BCUT2D eigenvalue weighted by atomic mass is 35.5. The Kier molecular flexibility index (Phi) is 27.4. The van der Waals surface area contributed by atoms with Crippen LogP contribution in [0.15, 0.2) is 24.3 Å². The van der Waals surface area contributed by atoms with E-state index in [1.807, 2.05) is 6.07 Å². The average molecular weight is 582 g/mol. The van der Waals surface area contributed by atoms with Crippen molar-refractivity contribution in [2.75, 3.05) is 32.7 Å². The summed E-state index contributed by atoms with van der Waals surface area (Å²) in [4.78, 5) is 24.5. The molecule has 0 unspecified atom stereocenters. The van der Waals surface area contributed by atoms with E-state index in [1.165, 1.54) is 102 Å². The van der Waals surface area contributed by atoms with Crippen LogP contribution < -0.4 is 10.6 Å². The predicted octanol–water partition coefficient (Wildman–Crippen LogP) is 8.21. The van der Waals surface area contributed by atoms with E-state index in [0.717, 1.165) is 51.0 Å². The summed E-state index contributed by atoms with van der Waals surface area (Å²) in [5.74, 6) is 0. The largest absolute Gasteiger partial charge is 0.445 e. The van der Waals surface area contributed by atoms with Crippen molar-refractivity contribution in [1.82, 2.24) is 15.5 Å². The lowest BCUT2D eigenvalue weighted by molar-refractivity contribution is -0.109. The normalized spacial score (nSPS) is 10.8. The van der Waals surface area contributed by atoms with Crippen molar-refractivity contribution >= 4 is 24.9 Å². The summed E-state index contributed by atoms with van der Waals surface area (Å²) in [5, 5.41) is 5.59. The number of amides is 2. The highest BCUT2D eigenvalue weighted by molar-refractivity contribution is 5.85. The minimum atomic E-state index is -0.329. The number of benzene rings is 1. The number of carbonyl (C=O) groups is 2. The third-order valence-electron chi connectivity index (χ3n) is 7.67. The van der Waals surface area contributed by atoms with Crippen molar-refractivity contribution in [1.29, 1.82) is 0 Å². The molecule has 0 saturated heterocycles. The van der Waals surface area contributed by atoms with Gasteiger partial charge >= 0.3 is 6.09 Å². The van der Waals surface area contributed by atoms with Crippen LogP contribution in [0.25, 0.3) is 0 Å². The number of aryl methyl sites for hydroxylation is 1. The second-order valence-electron chi connectivity index (χ2n) is 10.8. The van der Waals surface area contributed by atoms with Crippen LogP contribution in [-0.2, 0) is 22.6 Å². The summed E-state index contributed by atoms with van der Waals surface area (Å²) in [6.45, 7) is 8.89. The molecule has 0 aliphatic heterocycles. The minimum Gasteiger partial charge on any atom is -0.445 e. The zero-order valence-electron chi connectivity index (χ0n) is 25.7. The second-order valence-corrected chi connectivity index (χ2v) is 10.8. The molecule has 7 heteroatoms. The zero-order chi connectivity index (χ0) is 28.2. The fourth-order valence-electron chi connectivity index (χ4n) is 5.07. The number of halogens is 1. The number of likely N-dealkylation sites (N-methyl/N-ethyl adjacent to an activating group) is 1. The van der Waals surface area contributed by atoms with Crippen LogP contribution in [0.4, 0.5) is 4.79 Å². The van der Waals surface area contributed by atoms with E-state index in [9.17, 15) is 9.59 Å². The summed E-state index contributed by atoms with van der Waals surface area (Å²) >= 11 is 0. The maximum Gasteiger partial charge on any atom is 0.407 e. The molecule has 0 radical (unpaired) electrons. The number of hydrogen-bond donors (Lipinski definition) is 2. The molecule has 2 N–H and O–H groups in total. The van der Waals surface area contributed by atoms with Gasteiger partial charge in [0.15, 0.2) is 0 Å². The molecule has 0 aliphatic rings. The van der Waals surface area contributed by atoms with Crippen molar-refractivity contribution in [2.45, 2.75) is 130 Å². The van der Waals surface area contributed by atoms with Gasteiger partial charge in [-0.2, -0.15) is 0 Å². The van der Waals surface area contributed by atoms with Gasteiger partial charge in [-0.15, -0.1) is 12.4 Å². The van der Waals surface area contributed by atoms with Crippen LogP contribution in [0.2, 0.25) is 0 Å². The molecule has 0 heterocycles. The Morgan fingerprint density at radius 2 is 1.20 bits per heavy atom. The van der Waals surface area contributed by atoms with E-state index in [1.54, 1.807) is 0 Å². The molecule has 0 fully saturated rings. The molecule has 0 aliphatic carbocycles. The highest BCUT2D eigenvalue weighted by Gasteiger charge is 2.07. The van der Waals surface area contributed by atoms with Crippen LogP contribution in [0.1, 0.15) is 128 Å². The summed E-state index contributed by atoms with van der Waals surface area (Å²) in [7, 11) is 0. The first kappa shape index (κ1) is 38.2. The molecule has 2 amide bonds. The van der Waals surface area contributed by atoms with E-state index in [4.69, 9.17) is 4.74 Å². The molecular weight excluding hydrogens is 522 g/mol. The number of carbonyl (C=O) groups excluding carboxylic acids is 2. The lowest BCUT2D eigenvalue weighted by atomic mass is 10.0. The Bertz CT molecular complexity index is 716. The Hall–Kier alpha value is -1.79. The maximum atomic E-state index is 12.1. The zero-order valence-corrected chi connectivity index (χ0v) is 26.5. The van der Waals surface area contributed by atoms with Crippen molar-refractivity contribution in [3.8, 4) is 0 Å². The summed E-state index contributed by atoms with van der Waals surface area (Å²) in [6, 6.07) is 8.37. The molecule has 1 rings (SSSR count). The summed E-state index contributed by atoms with van der Waals surface area (Å²) in [5.41, 5.74) is 2.43. The van der Waals surface area contributed by atoms with Gasteiger partial charge in [0.05, 0.1) is 0 Å². The molecule has 1 aromatic rings. The van der Waals surface area contributed by atoms with Gasteiger partial charge in [-0.25, -0.2) is 4.79 Å². The van der Waals surface area contributed by atoms with Crippen LogP contribution in [0.3, 0.4) is 0 Å². The fraction of sp³-hybridized carbons (Fsp3) is 0.758. The first-order valence-electron chi connectivity index (χ1n) is 16.1. The van der Waals surface area contributed by atoms with Gasteiger partial charge in [-0.05, 0) is 43.5 Å². The molecule has 0 atom stereocenters. The van der Waals surface area contributed by atoms with Crippen LogP contribution in [0, 0.1) is 0 Å². The predicted molar refractivity (Wildman–Crippen MR) is 171 cm³/mol. The Balaban J connectivity index is 0.0000152. The number of ether oxygens (including phenoxy) is 1. The quantitative estimate of drug-likeness (QED) is 0.0811. The van der Waals surface area contributed by atoms with Gasteiger partial charge in [0.1, 0.15) is 6.61 Å². The fourth-order valence-corrected chi connectivity index (χ4v) is 5.07. The summed E-state index contributed by atoms with van der Waals surface area (Å²) in [6.07, 6.45) is 22.7. The maximum absolute atomic E-state index is 12.1. The topological polar surface area (TPSA) is 70.7 Å². The van der Waals surface area contributed by atoms with Crippen LogP contribution >= 0.6 is 12.4 Å². The lowest BCUT2D eigenvalue weighted by Gasteiger charge is -2.18. The number of hydrogen-bond acceptors (Lipinski definition) is 4. The van der Waals surface area contributed by atoms with Crippen molar-refractivity contribution in [2.24, 2.45) is 0 Å². The van der Waals surface area contributed by atoms with Gasteiger partial charge in [0.25, 0.3) is 0 Å². The monoisotopic (exact) mass is 581 g/mol. The van der Waals surface area contributed by atoms with Gasteiger partial charge in [0, 0.05) is 19.6 Å². The first-order chi connectivity index (χ1) is 19.2. The third kappa shape index (κ3) is 22.0. The van der Waals surface area contributed by atoms with Gasteiger partial charge in [-0.3, -0.25) is 4.79 Å². The number of rotatable bonds is 27. The van der Waals surface area contributed by atoms with E-state index in [0.29, 0.717) is 13.2 Å². The number of nitrogens with one attached hydrogen (secondary N) is 2. The number of nitrogens with zero attached hydrogens (tertiary/aromatic N) is 1. The molecule has 0 bridgehead atoms. The smallest absolute Gasteiger partial charge is 0.407 e. The SMILES string of the molecule is CCN(CC)CCNC(=O)OCc1ccccc1CCCCCCCCCCCCCCCCCCNC=O.Cl. The van der Waals surface area contributed by atoms with E-state index >= 15 is 0 Å². The summed E-state index contributed by atoms with van der Waals surface area (Å²) < 4.78 is 5.48. The van der Waals surface area contributed by atoms with Gasteiger partial charge < -0.3 is 20.3 Å². The molecule has 0 spiro atoms. The lowest BCUT2D eigenvalue weighted by Crippen LogP contribution is -2.35. The minimum absolute atomic E-state index is 0.